The van der Waals surface area contributed by atoms with E-state index in [-0.39, 0.29) is 5.91 Å². The number of ether oxygens (including phenoxy) is 1. The fourth-order valence-corrected chi connectivity index (χ4v) is 2.56. The summed E-state index contributed by atoms with van der Waals surface area (Å²) in [7, 11) is 1.72. The monoisotopic (exact) mass is 301 g/mol. The first-order valence-electron chi connectivity index (χ1n) is 5.73. The summed E-state index contributed by atoms with van der Waals surface area (Å²) < 4.78 is 10.7. The number of carbonyl (C=O) groups is 1. The summed E-state index contributed by atoms with van der Waals surface area (Å²) in [5, 5.41) is 0. The van der Waals surface area contributed by atoms with Crippen molar-refractivity contribution in [1.82, 2.24) is 4.90 Å². The Labute approximate surface area is 109 Å². The number of carbonyl (C=O) groups excluding carboxylic acids is 1. The average molecular weight is 302 g/mol. The number of hydrogen-bond acceptors (Lipinski definition) is 3. The van der Waals surface area contributed by atoms with E-state index in [2.05, 4.69) is 15.9 Å². The third-order valence-corrected chi connectivity index (χ3v) is 3.77. The van der Waals surface area contributed by atoms with E-state index >= 15 is 0 Å². The third-order valence-electron chi connectivity index (χ3n) is 3.15. The van der Waals surface area contributed by atoms with Crippen LogP contribution in [0.2, 0.25) is 0 Å². The van der Waals surface area contributed by atoms with Gasteiger partial charge in [-0.1, -0.05) is 0 Å². The largest absolute Gasteiger partial charge is 0.457 e. The second kappa shape index (κ2) is 5.69. The van der Waals surface area contributed by atoms with Gasteiger partial charge >= 0.3 is 0 Å². The van der Waals surface area contributed by atoms with E-state index in [9.17, 15) is 4.79 Å². The van der Waals surface area contributed by atoms with Crippen molar-refractivity contribution in [1.29, 1.82) is 0 Å². The van der Waals surface area contributed by atoms with E-state index in [0.29, 0.717) is 16.2 Å². The van der Waals surface area contributed by atoms with Gasteiger partial charge in [0, 0.05) is 26.8 Å². The van der Waals surface area contributed by atoms with Gasteiger partial charge in [-0.15, -0.1) is 0 Å². The number of methoxy groups -OCH3 is 1. The van der Waals surface area contributed by atoms with E-state index in [1.165, 1.54) is 6.26 Å². The molecule has 94 valence electrons. The van der Waals surface area contributed by atoms with Gasteiger partial charge in [-0.25, -0.2) is 0 Å². The van der Waals surface area contributed by atoms with Crippen LogP contribution in [0.1, 0.15) is 23.2 Å². The molecule has 0 bridgehead atoms. The number of halogens is 1. The maximum Gasteiger partial charge on any atom is 0.258 e. The number of furan rings is 1. The Hall–Kier alpha value is -0.810. The highest BCUT2D eigenvalue weighted by Crippen LogP contribution is 2.23. The molecule has 1 aliphatic heterocycles. The maximum atomic E-state index is 12.2. The van der Waals surface area contributed by atoms with Crippen LogP contribution >= 0.6 is 15.9 Å². The smallest absolute Gasteiger partial charge is 0.258 e. The van der Waals surface area contributed by atoms with E-state index in [0.717, 1.165) is 32.5 Å². The Balaban J connectivity index is 1.93. The molecule has 4 nitrogen and oxygen atoms in total. The predicted molar refractivity (Wildman–Crippen MR) is 66.9 cm³/mol. The molecule has 0 atom stereocenters. The van der Waals surface area contributed by atoms with Gasteiger partial charge in [0.25, 0.3) is 5.91 Å². The van der Waals surface area contributed by atoms with Gasteiger partial charge in [-0.05, 0) is 40.8 Å². The molecule has 1 saturated heterocycles. The Morgan fingerprint density at radius 2 is 2.29 bits per heavy atom. The molecular weight excluding hydrogens is 286 g/mol. The quantitative estimate of drug-likeness (QED) is 0.861. The lowest BCUT2D eigenvalue weighted by Gasteiger charge is -2.31. The van der Waals surface area contributed by atoms with Gasteiger partial charge in [0.1, 0.15) is 0 Å². The normalized spacial score (nSPS) is 17.4. The summed E-state index contributed by atoms with van der Waals surface area (Å²) in [6.45, 7) is 2.38. The fourth-order valence-electron chi connectivity index (χ4n) is 2.15. The van der Waals surface area contributed by atoms with Crippen LogP contribution in [0.4, 0.5) is 0 Å². The molecule has 1 aromatic heterocycles. The molecule has 1 amide bonds. The van der Waals surface area contributed by atoms with E-state index in [1.807, 2.05) is 4.90 Å². The van der Waals surface area contributed by atoms with Crippen molar-refractivity contribution in [2.45, 2.75) is 12.8 Å². The fraction of sp³-hybridized carbons (Fsp3) is 0.583. The minimum Gasteiger partial charge on any atom is -0.457 e. The number of piperidine rings is 1. The van der Waals surface area contributed by atoms with Crippen LogP contribution in [0.3, 0.4) is 0 Å². The molecule has 1 aliphatic rings. The molecule has 17 heavy (non-hydrogen) atoms. The number of rotatable bonds is 3. The Morgan fingerprint density at radius 3 is 2.82 bits per heavy atom. The van der Waals surface area contributed by atoms with Crippen molar-refractivity contribution in [3.05, 3.63) is 22.6 Å². The summed E-state index contributed by atoms with van der Waals surface area (Å²) in [5.74, 6) is 0.623. The summed E-state index contributed by atoms with van der Waals surface area (Å²) in [5.41, 5.74) is 0.607. The molecule has 0 unspecified atom stereocenters. The van der Waals surface area contributed by atoms with Crippen molar-refractivity contribution < 1.29 is 13.9 Å². The molecular formula is C12H16BrNO3. The Morgan fingerprint density at radius 1 is 1.59 bits per heavy atom. The molecule has 2 rings (SSSR count). The molecule has 2 heterocycles. The van der Waals surface area contributed by atoms with Gasteiger partial charge in [0.2, 0.25) is 0 Å². The van der Waals surface area contributed by atoms with Crippen molar-refractivity contribution >= 4 is 21.8 Å². The lowest BCUT2D eigenvalue weighted by molar-refractivity contribution is 0.0612. The first-order valence-corrected chi connectivity index (χ1v) is 6.53. The van der Waals surface area contributed by atoms with Crippen molar-refractivity contribution in [2.24, 2.45) is 5.92 Å². The molecule has 1 fully saturated rings. The highest BCUT2D eigenvalue weighted by Gasteiger charge is 2.25. The van der Waals surface area contributed by atoms with Crippen LogP contribution in [0, 0.1) is 5.92 Å². The van der Waals surface area contributed by atoms with Crippen LogP contribution in [0.25, 0.3) is 0 Å². The molecule has 0 aliphatic carbocycles. The van der Waals surface area contributed by atoms with Crippen molar-refractivity contribution in [3.63, 3.8) is 0 Å². The van der Waals surface area contributed by atoms with E-state index in [4.69, 9.17) is 9.15 Å². The SMILES string of the molecule is COCC1CCN(C(=O)c2ccoc2Br)CC1. The van der Waals surface area contributed by atoms with Crippen LogP contribution in [0.5, 0.6) is 0 Å². The topological polar surface area (TPSA) is 42.7 Å². The molecule has 0 aromatic carbocycles. The van der Waals surface area contributed by atoms with Crippen LogP contribution in [0.15, 0.2) is 21.4 Å². The minimum absolute atomic E-state index is 0.0430. The molecule has 0 spiro atoms. The first-order chi connectivity index (χ1) is 8.22. The van der Waals surface area contributed by atoms with Gasteiger partial charge in [0.05, 0.1) is 11.8 Å². The summed E-state index contributed by atoms with van der Waals surface area (Å²) in [6.07, 6.45) is 3.54. The molecule has 1 aromatic rings. The predicted octanol–water partition coefficient (Wildman–Crippen LogP) is 2.54. The average Bonchev–Trinajstić information content (AvgIpc) is 2.76. The molecule has 0 radical (unpaired) electrons. The number of nitrogens with zero attached hydrogens (tertiary/aromatic N) is 1. The summed E-state index contributed by atoms with van der Waals surface area (Å²) in [6, 6.07) is 1.70. The second-order valence-corrected chi connectivity index (χ2v) is 5.02. The Kier molecular flexibility index (Phi) is 4.23. The highest BCUT2D eigenvalue weighted by molar-refractivity contribution is 9.10. The van der Waals surface area contributed by atoms with Crippen molar-refractivity contribution in [3.8, 4) is 0 Å². The van der Waals surface area contributed by atoms with Gasteiger partial charge in [-0.3, -0.25) is 4.79 Å². The van der Waals surface area contributed by atoms with E-state index in [1.54, 1.807) is 13.2 Å². The van der Waals surface area contributed by atoms with Gasteiger partial charge in [-0.2, -0.15) is 0 Å². The van der Waals surface area contributed by atoms with Crippen LogP contribution in [-0.2, 0) is 4.74 Å². The lowest BCUT2D eigenvalue weighted by atomic mass is 9.97. The molecule has 0 saturated carbocycles. The Bertz CT molecular complexity index is 383. The van der Waals surface area contributed by atoms with Gasteiger partial charge in [0.15, 0.2) is 4.67 Å². The number of likely N-dealkylation sites (tertiary alicyclic amines) is 1. The number of hydrogen-bond donors (Lipinski definition) is 0. The standard InChI is InChI=1S/C12H16BrNO3/c1-16-8-9-2-5-14(6-3-9)12(15)10-4-7-17-11(10)13/h4,7,9H,2-3,5-6,8H2,1H3. The zero-order chi connectivity index (χ0) is 12.3. The van der Waals surface area contributed by atoms with E-state index < -0.39 is 0 Å². The third kappa shape index (κ3) is 2.90. The van der Waals surface area contributed by atoms with Gasteiger partial charge < -0.3 is 14.1 Å². The highest BCUT2D eigenvalue weighted by atomic mass is 79.9. The first kappa shape index (κ1) is 12.6. The zero-order valence-corrected chi connectivity index (χ0v) is 11.4. The summed E-state index contributed by atoms with van der Waals surface area (Å²) in [4.78, 5) is 14.0. The van der Waals surface area contributed by atoms with Crippen LogP contribution < -0.4 is 0 Å². The maximum absolute atomic E-state index is 12.2. The number of amides is 1. The lowest BCUT2D eigenvalue weighted by Crippen LogP contribution is -2.39. The summed E-state index contributed by atoms with van der Waals surface area (Å²) >= 11 is 3.24. The van der Waals surface area contributed by atoms with Crippen molar-refractivity contribution in [2.75, 3.05) is 26.8 Å². The zero-order valence-electron chi connectivity index (χ0n) is 9.82. The molecule has 0 N–H and O–H groups in total. The molecule has 5 heteroatoms. The minimum atomic E-state index is 0.0430. The van der Waals surface area contributed by atoms with Crippen LogP contribution in [-0.4, -0.2) is 37.6 Å². The second-order valence-electron chi connectivity index (χ2n) is 4.30.